The zero-order chi connectivity index (χ0) is 17.6. The number of carbonyl (C=O) groups excluding carboxylic acids is 2. The maximum Gasteiger partial charge on any atom is 0.341 e. The second-order valence-corrected chi connectivity index (χ2v) is 6.60. The fourth-order valence-corrected chi connectivity index (χ4v) is 1.78. The van der Waals surface area contributed by atoms with Crippen molar-refractivity contribution < 1.29 is 32.0 Å². The van der Waals surface area contributed by atoms with E-state index in [0.717, 1.165) is 0 Å². The molecular weight excluding hydrogens is 323 g/mol. The molecule has 0 spiro atoms. The maximum absolute atomic E-state index is 12.0. The lowest BCUT2D eigenvalue weighted by Crippen LogP contribution is -2.19. The molecule has 0 aliphatic carbocycles. The Kier molecular flexibility index (Phi) is 6.77. The molecule has 1 rings (SSSR count). The Hall–Kier alpha value is -1.87. The van der Waals surface area contributed by atoms with Crippen LogP contribution in [0.15, 0.2) is 18.2 Å². The third-order valence-corrected chi connectivity index (χ3v) is 3.44. The molecule has 0 saturated heterocycles. The molecule has 1 N–H and O–H groups in total. The highest BCUT2D eigenvalue weighted by Gasteiger charge is 2.19. The summed E-state index contributed by atoms with van der Waals surface area (Å²) < 4.78 is 39.7. The Morgan fingerprint density at radius 1 is 1.30 bits per heavy atom. The molecule has 2 radical (unpaired) electrons. The lowest BCUT2D eigenvalue weighted by atomic mass is 9.96. The molecule has 1 aromatic rings. The quantitative estimate of drug-likeness (QED) is 0.341. The van der Waals surface area contributed by atoms with E-state index < -0.39 is 40.3 Å². The van der Waals surface area contributed by atoms with Crippen LogP contribution in [0.2, 0.25) is 0 Å². The molecule has 0 bridgehead atoms. The highest BCUT2D eigenvalue weighted by molar-refractivity contribution is 7.85. The molecule has 0 amide bonds. The topological polar surface area (TPSA) is 107 Å². The SMILES string of the molecule is [B]Cc1ccc(C(=O)OCCS(=O)(=O)O)c(OC(=O)C(C)C)c1. The van der Waals surface area contributed by atoms with Gasteiger partial charge in [-0.15, -0.1) is 0 Å². The summed E-state index contributed by atoms with van der Waals surface area (Å²) in [5.74, 6) is -2.54. The Balaban J connectivity index is 2.95. The van der Waals surface area contributed by atoms with Gasteiger partial charge in [0.25, 0.3) is 10.1 Å². The van der Waals surface area contributed by atoms with Gasteiger partial charge in [0.15, 0.2) is 0 Å². The van der Waals surface area contributed by atoms with Crippen LogP contribution in [0.5, 0.6) is 5.75 Å². The molecule has 0 atom stereocenters. The first-order chi connectivity index (χ1) is 10.6. The molecular formula is C14H17BO7S. The summed E-state index contributed by atoms with van der Waals surface area (Å²) in [6.45, 7) is 2.76. The van der Waals surface area contributed by atoms with Crippen LogP contribution in [0.1, 0.15) is 29.8 Å². The van der Waals surface area contributed by atoms with Crippen molar-refractivity contribution in [2.24, 2.45) is 5.92 Å². The van der Waals surface area contributed by atoms with Gasteiger partial charge in [-0.25, -0.2) is 4.79 Å². The minimum atomic E-state index is -4.23. The smallest absolute Gasteiger partial charge is 0.341 e. The zero-order valence-corrected chi connectivity index (χ0v) is 13.6. The van der Waals surface area contributed by atoms with Gasteiger partial charge in [-0.1, -0.05) is 31.8 Å². The van der Waals surface area contributed by atoms with Crippen molar-refractivity contribution in [3.8, 4) is 5.75 Å². The van der Waals surface area contributed by atoms with E-state index in [9.17, 15) is 18.0 Å². The summed E-state index contributed by atoms with van der Waals surface area (Å²) in [7, 11) is 1.28. The van der Waals surface area contributed by atoms with E-state index in [-0.39, 0.29) is 17.6 Å². The molecule has 0 saturated carbocycles. The predicted octanol–water partition coefficient (Wildman–Crippen LogP) is 0.961. The van der Waals surface area contributed by atoms with Crippen molar-refractivity contribution in [2.45, 2.75) is 20.2 Å². The van der Waals surface area contributed by atoms with Crippen LogP contribution in [0.25, 0.3) is 0 Å². The van der Waals surface area contributed by atoms with Gasteiger partial charge in [0.1, 0.15) is 23.7 Å². The van der Waals surface area contributed by atoms with Crippen LogP contribution in [-0.4, -0.2) is 45.1 Å². The van der Waals surface area contributed by atoms with Gasteiger partial charge >= 0.3 is 11.9 Å². The predicted molar refractivity (Wildman–Crippen MR) is 83.1 cm³/mol. The van der Waals surface area contributed by atoms with Gasteiger partial charge in [0.05, 0.1) is 13.8 Å². The summed E-state index contributed by atoms with van der Waals surface area (Å²) in [5.41, 5.74) is 0.609. The third kappa shape index (κ3) is 6.41. The van der Waals surface area contributed by atoms with Crippen molar-refractivity contribution in [3.05, 3.63) is 29.3 Å². The van der Waals surface area contributed by atoms with E-state index >= 15 is 0 Å². The van der Waals surface area contributed by atoms with Crippen LogP contribution in [0, 0.1) is 5.92 Å². The van der Waals surface area contributed by atoms with E-state index in [1.807, 2.05) is 0 Å². The van der Waals surface area contributed by atoms with Crippen molar-refractivity contribution in [2.75, 3.05) is 12.4 Å². The fourth-order valence-electron chi connectivity index (χ4n) is 1.49. The van der Waals surface area contributed by atoms with Gasteiger partial charge in [0, 0.05) is 0 Å². The molecule has 0 heterocycles. The Morgan fingerprint density at radius 3 is 2.48 bits per heavy atom. The maximum atomic E-state index is 12.0. The second-order valence-electron chi connectivity index (χ2n) is 5.03. The van der Waals surface area contributed by atoms with E-state index in [2.05, 4.69) is 0 Å². The van der Waals surface area contributed by atoms with Gasteiger partial charge in [0.2, 0.25) is 0 Å². The molecule has 0 aliphatic rings. The first-order valence-corrected chi connectivity index (χ1v) is 8.42. The summed E-state index contributed by atoms with van der Waals surface area (Å²) in [4.78, 5) is 23.7. The van der Waals surface area contributed by atoms with Gasteiger partial charge in [-0.2, -0.15) is 8.42 Å². The van der Waals surface area contributed by atoms with E-state index in [0.29, 0.717) is 5.56 Å². The molecule has 0 unspecified atom stereocenters. The lowest BCUT2D eigenvalue weighted by molar-refractivity contribution is -0.137. The highest BCUT2D eigenvalue weighted by atomic mass is 32.2. The highest BCUT2D eigenvalue weighted by Crippen LogP contribution is 2.23. The largest absolute Gasteiger partial charge is 0.461 e. The van der Waals surface area contributed by atoms with Crippen molar-refractivity contribution in [3.63, 3.8) is 0 Å². The van der Waals surface area contributed by atoms with Crippen LogP contribution in [0.3, 0.4) is 0 Å². The first-order valence-electron chi connectivity index (χ1n) is 6.81. The average molecular weight is 340 g/mol. The van der Waals surface area contributed by atoms with Crippen LogP contribution in [0.4, 0.5) is 0 Å². The number of rotatable bonds is 7. The van der Waals surface area contributed by atoms with Gasteiger partial charge < -0.3 is 9.47 Å². The molecule has 0 fully saturated rings. The zero-order valence-electron chi connectivity index (χ0n) is 12.8. The van der Waals surface area contributed by atoms with Crippen LogP contribution < -0.4 is 4.74 Å². The van der Waals surface area contributed by atoms with Crippen LogP contribution in [-0.2, 0) is 26.0 Å². The Bertz CT molecular complexity index is 682. The normalized spacial score (nSPS) is 11.3. The lowest BCUT2D eigenvalue weighted by Gasteiger charge is -2.12. The molecule has 0 aromatic heterocycles. The summed E-state index contributed by atoms with van der Waals surface area (Å²) in [6.07, 6.45) is 0.185. The summed E-state index contributed by atoms with van der Waals surface area (Å²) >= 11 is 0. The standard InChI is InChI=1S/C14H17BO7S/c1-9(2)13(16)22-12-7-10(8-15)3-4-11(12)14(17)21-5-6-23(18,19)20/h3-4,7,9H,5-6,8H2,1-2H3,(H,18,19,20). The average Bonchev–Trinajstić information content (AvgIpc) is 2.45. The number of esters is 2. The third-order valence-electron chi connectivity index (χ3n) is 2.76. The number of ether oxygens (including phenoxy) is 2. The number of benzene rings is 1. The minimum Gasteiger partial charge on any atom is -0.461 e. The van der Waals surface area contributed by atoms with Crippen LogP contribution >= 0.6 is 0 Å². The van der Waals surface area contributed by atoms with E-state index in [1.54, 1.807) is 19.9 Å². The van der Waals surface area contributed by atoms with Crippen molar-refractivity contribution in [1.29, 1.82) is 0 Å². The number of carbonyl (C=O) groups is 2. The summed E-state index contributed by atoms with van der Waals surface area (Å²) in [6, 6.07) is 4.38. The molecule has 1 aromatic carbocycles. The minimum absolute atomic E-state index is 0.0106. The summed E-state index contributed by atoms with van der Waals surface area (Å²) in [5, 5.41) is 0. The van der Waals surface area contributed by atoms with Crippen molar-refractivity contribution >= 4 is 29.9 Å². The van der Waals surface area contributed by atoms with Gasteiger partial charge in [-0.05, 0) is 12.1 Å². The Morgan fingerprint density at radius 2 is 1.96 bits per heavy atom. The Labute approximate surface area is 136 Å². The second kappa shape index (κ2) is 8.12. The van der Waals surface area contributed by atoms with E-state index in [1.165, 1.54) is 12.1 Å². The molecule has 9 heteroatoms. The molecule has 23 heavy (non-hydrogen) atoms. The molecule has 0 aliphatic heterocycles. The van der Waals surface area contributed by atoms with E-state index in [4.69, 9.17) is 21.9 Å². The molecule has 124 valence electrons. The molecule has 7 nitrogen and oxygen atoms in total. The fraction of sp³-hybridized carbons (Fsp3) is 0.429. The first kappa shape index (κ1) is 19.2. The monoisotopic (exact) mass is 340 g/mol. The number of hydrogen-bond acceptors (Lipinski definition) is 6. The number of hydrogen-bond donors (Lipinski definition) is 1. The van der Waals surface area contributed by atoms with Crippen molar-refractivity contribution in [1.82, 2.24) is 0 Å². The van der Waals surface area contributed by atoms with Gasteiger partial charge in [-0.3, -0.25) is 9.35 Å².